The molecule has 0 heterocycles. The molecule has 2 rings (SSSR count). The maximum atomic E-state index is 13.9. The molecular weight excluding hydrogens is 453 g/mol. The van der Waals surface area contributed by atoms with Crippen molar-refractivity contribution in [3.8, 4) is 5.75 Å². The van der Waals surface area contributed by atoms with Crippen molar-refractivity contribution in [3.63, 3.8) is 0 Å². The van der Waals surface area contributed by atoms with Crippen LogP contribution in [0.15, 0.2) is 30.3 Å². The van der Waals surface area contributed by atoms with E-state index in [2.05, 4.69) is 4.74 Å². The molecule has 0 saturated heterocycles. The summed E-state index contributed by atoms with van der Waals surface area (Å²) in [6.07, 6.45) is -9.17. The quantitative estimate of drug-likeness (QED) is 0.620. The molecule has 5 nitrogen and oxygen atoms in total. The number of rotatable bonds is 5. The van der Waals surface area contributed by atoms with Crippen LogP contribution in [0, 0.1) is 11.6 Å². The van der Waals surface area contributed by atoms with Crippen molar-refractivity contribution in [1.82, 2.24) is 0 Å². The Labute approximate surface area is 168 Å². The molecule has 0 aliphatic heterocycles. The number of hydrogen-bond acceptors (Lipinski definition) is 3. The minimum atomic E-state index is -4.95. The predicted molar refractivity (Wildman–Crippen MR) is 90.8 cm³/mol. The Kier molecular flexibility index (Phi) is 6.53. The molecule has 2 N–H and O–H groups in total. The van der Waals surface area contributed by atoms with Gasteiger partial charge < -0.3 is 10.5 Å². The molecule has 0 aliphatic rings. The van der Waals surface area contributed by atoms with Gasteiger partial charge in [-0.25, -0.2) is 18.5 Å². The van der Waals surface area contributed by atoms with Gasteiger partial charge in [0.1, 0.15) is 17.2 Å². The Morgan fingerprint density at radius 3 is 1.97 bits per heavy atom. The zero-order valence-corrected chi connectivity index (χ0v) is 15.2. The molecule has 0 fully saturated rings. The fraction of sp³-hybridized carbons (Fsp3) is 0.125. The van der Waals surface area contributed by atoms with E-state index in [0.29, 0.717) is 12.1 Å². The van der Waals surface area contributed by atoms with Gasteiger partial charge in [0.25, 0.3) is 5.91 Å². The maximum absolute atomic E-state index is 13.9. The second kappa shape index (κ2) is 8.37. The second-order valence-corrected chi connectivity index (χ2v) is 6.09. The fourth-order valence-electron chi connectivity index (χ4n) is 2.11. The zero-order chi connectivity index (χ0) is 22.1. The molecule has 0 unspecified atom stereocenters. The Hall–Kier alpha value is -2.66. The van der Waals surface area contributed by atoms with Crippen molar-refractivity contribution in [1.29, 1.82) is 0 Å². The van der Waals surface area contributed by atoms with Gasteiger partial charge in [0.15, 0.2) is 5.75 Å². The lowest BCUT2D eigenvalue weighted by atomic mass is 10.1. The summed E-state index contributed by atoms with van der Waals surface area (Å²) in [5.74, 6) is -5.30. The Morgan fingerprint density at radius 2 is 1.55 bits per heavy atom. The van der Waals surface area contributed by atoms with Crippen molar-refractivity contribution in [2.75, 3.05) is 4.90 Å². The first kappa shape index (κ1) is 22.6. The molecule has 2 aromatic rings. The average Bonchev–Trinajstić information content (AvgIpc) is 2.57. The van der Waals surface area contributed by atoms with Gasteiger partial charge in [-0.2, -0.15) is 17.6 Å². The largest absolute Gasteiger partial charge is 0.461 e. The van der Waals surface area contributed by atoms with Gasteiger partial charge in [-0.15, -0.1) is 0 Å². The van der Waals surface area contributed by atoms with Crippen LogP contribution in [-0.4, -0.2) is 24.5 Å². The Balaban J connectivity index is 2.53. The number of anilines is 1. The van der Waals surface area contributed by atoms with E-state index < -0.39 is 63.2 Å². The van der Waals surface area contributed by atoms with Crippen LogP contribution in [0.25, 0.3) is 0 Å². The number of carbonyl (C=O) groups excluding carboxylic acids is 2. The summed E-state index contributed by atoms with van der Waals surface area (Å²) in [5.41, 5.74) is 3.33. The molecule has 0 saturated carbocycles. The van der Waals surface area contributed by atoms with Gasteiger partial charge in [-0.3, -0.25) is 4.79 Å². The number of carbonyl (C=O) groups is 2. The van der Waals surface area contributed by atoms with E-state index >= 15 is 0 Å². The lowest BCUT2D eigenvalue weighted by Crippen LogP contribution is -2.41. The van der Waals surface area contributed by atoms with Crippen LogP contribution < -0.4 is 15.4 Å². The minimum absolute atomic E-state index is 0.0499. The molecule has 0 atom stereocenters. The smallest absolute Gasteiger partial charge is 0.425 e. The number of halogens is 8. The fourth-order valence-corrected chi connectivity index (χ4v) is 2.66. The van der Waals surface area contributed by atoms with Gasteiger partial charge in [0, 0.05) is 0 Å². The summed E-state index contributed by atoms with van der Waals surface area (Å²) in [6.45, 7) is 0. The second-order valence-electron chi connectivity index (χ2n) is 5.28. The van der Waals surface area contributed by atoms with E-state index in [4.69, 9.17) is 28.9 Å². The van der Waals surface area contributed by atoms with Crippen LogP contribution in [-0.2, 0) is 0 Å². The topological polar surface area (TPSA) is 72.6 Å². The lowest BCUT2D eigenvalue weighted by molar-refractivity contribution is -0.253. The van der Waals surface area contributed by atoms with Crippen LogP contribution >= 0.6 is 23.2 Å². The van der Waals surface area contributed by atoms with E-state index in [1.54, 1.807) is 0 Å². The number of benzene rings is 2. The molecule has 3 amide bonds. The van der Waals surface area contributed by atoms with Gasteiger partial charge in [-0.1, -0.05) is 29.3 Å². The van der Waals surface area contributed by atoms with Gasteiger partial charge in [0.2, 0.25) is 0 Å². The molecule has 2 aromatic carbocycles. The number of nitrogens with two attached hydrogens (primary N) is 1. The standard InChI is InChI=1S/C16H8Cl2F6N2O3/c17-7-4-6(5-8(18)12(7)29-16(23,24)14(21)22)26(15(25)28)13(27)11-9(19)2-1-3-10(11)20/h1-5,14H,(H2,25,28). The monoisotopic (exact) mass is 460 g/mol. The number of urea groups is 1. The van der Waals surface area contributed by atoms with Gasteiger partial charge >= 0.3 is 18.6 Å². The van der Waals surface area contributed by atoms with Crippen molar-refractivity contribution < 1.29 is 40.7 Å². The number of alkyl halides is 4. The zero-order valence-electron chi connectivity index (χ0n) is 13.7. The van der Waals surface area contributed by atoms with Crippen molar-refractivity contribution in [3.05, 3.63) is 57.6 Å². The highest BCUT2D eigenvalue weighted by molar-refractivity contribution is 6.38. The highest BCUT2D eigenvalue weighted by Crippen LogP contribution is 2.41. The van der Waals surface area contributed by atoms with Crippen molar-refractivity contribution in [2.24, 2.45) is 5.73 Å². The van der Waals surface area contributed by atoms with E-state index in [-0.39, 0.29) is 4.90 Å². The molecule has 29 heavy (non-hydrogen) atoms. The summed E-state index contributed by atoms with van der Waals surface area (Å²) < 4.78 is 82.3. The summed E-state index contributed by atoms with van der Waals surface area (Å²) in [4.78, 5) is 24.2. The summed E-state index contributed by atoms with van der Waals surface area (Å²) in [7, 11) is 0. The number of hydrogen-bond donors (Lipinski definition) is 1. The molecule has 0 radical (unpaired) electrons. The molecule has 0 spiro atoms. The molecular formula is C16H8Cl2F6N2O3. The molecule has 0 bridgehead atoms. The summed E-state index contributed by atoms with van der Waals surface area (Å²) in [6, 6.07) is 2.16. The van der Waals surface area contributed by atoms with Crippen LogP contribution in [0.4, 0.5) is 36.8 Å². The summed E-state index contributed by atoms with van der Waals surface area (Å²) in [5, 5.41) is -1.64. The lowest BCUT2D eigenvalue weighted by Gasteiger charge is -2.22. The Bertz CT molecular complexity index is 930. The minimum Gasteiger partial charge on any atom is -0.425 e. The SMILES string of the molecule is NC(=O)N(C(=O)c1c(F)cccc1F)c1cc(Cl)c(OC(F)(F)C(F)F)c(Cl)c1. The van der Waals surface area contributed by atoms with E-state index in [1.807, 2.05) is 0 Å². The number of nitrogens with zero attached hydrogens (tertiary/aromatic N) is 1. The van der Waals surface area contributed by atoms with Crippen LogP contribution in [0.1, 0.15) is 10.4 Å². The van der Waals surface area contributed by atoms with E-state index in [1.165, 1.54) is 0 Å². The number of ether oxygens (including phenoxy) is 1. The van der Waals surface area contributed by atoms with Crippen LogP contribution in [0.3, 0.4) is 0 Å². The van der Waals surface area contributed by atoms with Gasteiger partial charge in [0.05, 0.1) is 15.7 Å². The average molecular weight is 461 g/mol. The first-order chi connectivity index (χ1) is 13.4. The number of imide groups is 1. The third kappa shape index (κ3) is 4.67. The third-order valence-electron chi connectivity index (χ3n) is 3.33. The van der Waals surface area contributed by atoms with Crippen molar-refractivity contribution in [2.45, 2.75) is 12.5 Å². The predicted octanol–water partition coefficient (Wildman–Crippen LogP) is 5.23. The van der Waals surface area contributed by atoms with E-state index in [9.17, 15) is 35.9 Å². The molecule has 0 aliphatic carbocycles. The van der Waals surface area contributed by atoms with Crippen molar-refractivity contribution >= 4 is 40.8 Å². The first-order valence-corrected chi connectivity index (χ1v) is 8.04. The normalized spacial score (nSPS) is 11.5. The first-order valence-electron chi connectivity index (χ1n) is 7.28. The molecule has 156 valence electrons. The van der Waals surface area contributed by atoms with Gasteiger partial charge in [-0.05, 0) is 24.3 Å². The van der Waals surface area contributed by atoms with Crippen LogP contribution in [0.2, 0.25) is 10.0 Å². The maximum Gasteiger partial charge on any atom is 0.461 e. The highest BCUT2D eigenvalue weighted by Gasteiger charge is 2.45. The summed E-state index contributed by atoms with van der Waals surface area (Å²) >= 11 is 11.4. The third-order valence-corrected chi connectivity index (χ3v) is 3.90. The Morgan fingerprint density at radius 1 is 1.07 bits per heavy atom. The molecule has 13 heteroatoms. The number of primary amides is 1. The molecule has 0 aromatic heterocycles. The van der Waals surface area contributed by atoms with Crippen LogP contribution in [0.5, 0.6) is 5.75 Å². The number of amides is 3. The van der Waals surface area contributed by atoms with E-state index in [0.717, 1.165) is 18.2 Å². The highest BCUT2D eigenvalue weighted by atomic mass is 35.5.